The maximum atomic E-state index is 4.26. The molecule has 0 heteroatoms. The molecule has 0 amide bonds. The van der Waals surface area contributed by atoms with Crippen molar-refractivity contribution < 1.29 is 0 Å². The Kier molecular flexibility index (Phi) is 5.48. The Balaban J connectivity index is 2.14. The Morgan fingerprint density at radius 2 is 1.85 bits per heavy atom. The van der Waals surface area contributed by atoms with Gasteiger partial charge in [-0.3, -0.25) is 0 Å². The second-order valence-corrected chi connectivity index (χ2v) is 6.09. The van der Waals surface area contributed by atoms with Crippen LogP contribution in [0.4, 0.5) is 0 Å². The lowest BCUT2D eigenvalue weighted by Crippen LogP contribution is -2.21. The van der Waals surface area contributed by atoms with Crippen molar-refractivity contribution >= 4 is 0 Å². The molecule has 0 N–H and O–H groups in total. The van der Waals surface area contributed by atoms with Gasteiger partial charge in [0.25, 0.3) is 0 Å². The molecule has 0 spiro atoms. The monoisotopic (exact) mass is 266 g/mol. The molecule has 0 aliphatic heterocycles. The van der Waals surface area contributed by atoms with Crippen LogP contribution in [-0.2, 0) is 6.42 Å². The van der Waals surface area contributed by atoms with Gasteiger partial charge >= 0.3 is 0 Å². The number of rotatable bonds is 4. The maximum absolute atomic E-state index is 4.26. The topological polar surface area (TPSA) is 0 Å². The molecule has 2 rings (SSSR count). The lowest BCUT2D eigenvalue weighted by molar-refractivity contribution is 0.279. The van der Waals surface area contributed by atoms with Crippen molar-refractivity contribution in [3.63, 3.8) is 0 Å². The molecule has 0 radical (unpaired) electrons. The molecule has 106 valence electrons. The highest BCUT2D eigenvalue weighted by Crippen LogP contribution is 2.35. The molecule has 0 bridgehead atoms. The second kappa shape index (κ2) is 7.34. The summed E-state index contributed by atoms with van der Waals surface area (Å²) in [5.74, 6) is 7.57. The van der Waals surface area contributed by atoms with Crippen LogP contribution in [0.5, 0.6) is 0 Å². The molecule has 1 saturated carbocycles. The molecule has 1 fully saturated rings. The number of hydrogen-bond acceptors (Lipinski definition) is 0. The minimum atomic E-state index is 0.533. The first kappa shape index (κ1) is 14.9. The van der Waals surface area contributed by atoms with E-state index in [4.69, 9.17) is 0 Å². The summed E-state index contributed by atoms with van der Waals surface area (Å²) in [5, 5.41) is 0. The average Bonchev–Trinajstić information content (AvgIpc) is 2.48. The largest absolute Gasteiger partial charge is 0.102 e. The number of hydrogen-bond donors (Lipinski definition) is 0. The van der Waals surface area contributed by atoms with Crippen LogP contribution in [0.2, 0.25) is 0 Å². The highest BCUT2D eigenvalue weighted by molar-refractivity contribution is 5.31. The van der Waals surface area contributed by atoms with Gasteiger partial charge in [-0.1, -0.05) is 61.6 Å². The van der Waals surface area contributed by atoms with E-state index in [0.717, 1.165) is 17.9 Å². The van der Waals surface area contributed by atoms with E-state index in [2.05, 4.69) is 49.6 Å². The SMILES string of the molecule is C=C(C#CC)C(Cc1ccc(C)cc1)C1CCCCC1. The molecular formula is C20H26. The molecule has 1 aromatic carbocycles. The first-order valence-electron chi connectivity index (χ1n) is 7.88. The summed E-state index contributed by atoms with van der Waals surface area (Å²) in [7, 11) is 0. The van der Waals surface area contributed by atoms with Gasteiger partial charge in [-0.15, -0.1) is 5.92 Å². The lowest BCUT2D eigenvalue weighted by Gasteiger charge is -2.30. The minimum absolute atomic E-state index is 0.533. The van der Waals surface area contributed by atoms with E-state index in [9.17, 15) is 0 Å². The molecule has 20 heavy (non-hydrogen) atoms. The van der Waals surface area contributed by atoms with Gasteiger partial charge in [0.15, 0.2) is 0 Å². The molecular weight excluding hydrogens is 240 g/mol. The van der Waals surface area contributed by atoms with Crippen molar-refractivity contribution in [3.8, 4) is 11.8 Å². The zero-order valence-electron chi connectivity index (χ0n) is 12.9. The predicted molar refractivity (Wildman–Crippen MR) is 87.5 cm³/mol. The van der Waals surface area contributed by atoms with Gasteiger partial charge in [-0.2, -0.15) is 0 Å². The van der Waals surface area contributed by atoms with E-state index in [1.165, 1.54) is 43.2 Å². The highest BCUT2D eigenvalue weighted by atomic mass is 14.3. The predicted octanol–water partition coefficient (Wildman–Crippen LogP) is 5.31. The summed E-state index contributed by atoms with van der Waals surface area (Å²) in [5.41, 5.74) is 3.89. The molecule has 0 aromatic heterocycles. The third-order valence-corrected chi connectivity index (χ3v) is 4.53. The minimum Gasteiger partial charge on any atom is -0.102 e. The molecule has 1 aliphatic carbocycles. The van der Waals surface area contributed by atoms with Crippen LogP contribution < -0.4 is 0 Å². The fourth-order valence-corrected chi connectivity index (χ4v) is 3.34. The van der Waals surface area contributed by atoms with Crippen LogP contribution in [0, 0.1) is 30.6 Å². The summed E-state index contributed by atoms with van der Waals surface area (Å²) in [6.45, 7) is 8.31. The van der Waals surface area contributed by atoms with Crippen LogP contribution in [0.25, 0.3) is 0 Å². The van der Waals surface area contributed by atoms with E-state index in [-0.39, 0.29) is 0 Å². The van der Waals surface area contributed by atoms with Crippen LogP contribution in [0.15, 0.2) is 36.4 Å². The fraction of sp³-hybridized carbons (Fsp3) is 0.500. The van der Waals surface area contributed by atoms with Crippen LogP contribution >= 0.6 is 0 Å². The quantitative estimate of drug-likeness (QED) is 0.648. The zero-order valence-corrected chi connectivity index (χ0v) is 12.9. The molecule has 1 atom stereocenters. The van der Waals surface area contributed by atoms with Gasteiger partial charge in [-0.05, 0) is 56.1 Å². The Hall–Kier alpha value is -1.48. The average molecular weight is 266 g/mol. The number of allylic oxidation sites excluding steroid dienone is 1. The van der Waals surface area contributed by atoms with Crippen LogP contribution in [0.1, 0.15) is 50.2 Å². The van der Waals surface area contributed by atoms with Gasteiger partial charge in [-0.25, -0.2) is 0 Å². The van der Waals surface area contributed by atoms with Gasteiger partial charge < -0.3 is 0 Å². The second-order valence-electron chi connectivity index (χ2n) is 6.09. The van der Waals surface area contributed by atoms with Crippen LogP contribution in [-0.4, -0.2) is 0 Å². The summed E-state index contributed by atoms with van der Waals surface area (Å²) in [6, 6.07) is 8.94. The van der Waals surface area contributed by atoms with Gasteiger partial charge in [0, 0.05) is 0 Å². The third kappa shape index (κ3) is 4.01. The van der Waals surface area contributed by atoms with E-state index in [0.29, 0.717) is 5.92 Å². The summed E-state index contributed by atoms with van der Waals surface area (Å²) in [4.78, 5) is 0. The normalized spacial score (nSPS) is 17.1. The standard InChI is InChI=1S/C20H26/c1-4-8-17(3)20(19-9-6-5-7-10-19)15-18-13-11-16(2)12-14-18/h11-14,19-20H,3,5-7,9-10,15H2,1-2H3. The molecule has 1 aromatic rings. The number of benzene rings is 1. The van der Waals surface area contributed by atoms with Crippen molar-refractivity contribution in [2.75, 3.05) is 0 Å². The first-order valence-corrected chi connectivity index (χ1v) is 7.88. The Bertz CT molecular complexity index is 489. The van der Waals surface area contributed by atoms with Gasteiger partial charge in [0.2, 0.25) is 0 Å². The Labute approximate surface area is 124 Å². The lowest BCUT2D eigenvalue weighted by atomic mass is 9.74. The van der Waals surface area contributed by atoms with Crippen molar-refractivity contribution in [1.82, 2.24) is 0 Å². The number of aryl methyl sites for hydroxylation is 1. The van der Waals surface area contributed by atoms with Gasteiger partial charge in [0.05, 0.1) is 0 Å². The summed E-state index contributed by atoms with van der Waals surface area (Å²) in [6.07, 6.45) is 7.95. The van der Waals surface area contributed by atoms with Crippen molar-refractivity contribution in [2.45, 2.75) is 52.4 Å². The molecule has 0 heterocycles. The highest BCUT2D eigenvalue weighted by Gasteiger charge is 2.25. The van der Waals surface area contributed by atoms with E-state index in [1.54, 1.807) is 0 Å². The smallest absolute Gasteiger partial charge is 0.00146 e. The molecule has 1 aliphatic rings. The molecule has 0 nitrogen and oxygen atoms in total. The summed E-state index contributed by atoms with van der Waals surface area (Å²) < 4.78 is 0. The Morgan fingerprint density at radius 3 is 2.45 bits per heavy atom. The maximum Gasteiger partial charge on any atom is -0.00146 e. The van der Waals surface area contributed by atoms with Crippen molar-refractivity contribution in [1.29, 1.82) is 0 Å². The van der Waals surface area contributed by atoms with E-state index in [1.807, 2.05) is 6.92 Å². The first-order chi connectivity index (χ1) is 9.70. The van der Waals surface area contributed by atoms with Crippen molar-refractivity contribution in [2.24, 2.45) is 11.8 Å². The van der Waals surface area contributed by atoms with Crippen LogP contribution in [0.3, 0.4) is 0 Å². The zero-order chi connectivity index (χ0) is 14.4. The Morgan fingerprint density at radius 1 is 1.20 bits per heavy atom. The third-order valence-electron chi connectivity index (χ3n) is 4.53. The van der Waals surface area contributed by atoms with Crippen molar-refractivity contribution in [3.05, 3.63) is 47.5 Å². The molecule has 0 saturated heterocycles. The van der Waals surface area contributed by atoms with E-state index >= 15 is 0 Å². The van der Waals surface area contributed by atoms with E-state index < -0.39 is 0 Å². The summed E-state index contributed by atoms with van der Waals surface area (Å²) >= 11 is 0. The fourth-order valence-electron chi connectivity index (χ4n) is 3.34. The molecule has 1 unspecified atom stereocenters. The van der Waals surface area contributed by atoms with Gasteiger partial charge in [0.1, 0.15) is 0 Å².